The van der Waals surface area contributed by atoms with Crippen LogP contribution in [0.4, 0.5) is 32.0 Å². The zero-order chi connectivity index (χ0) is 19.7. The van der Waals surface area contributed by atoms with E-state index < -0.39 is 29.1 Å². The lowest BCUT2D eigenvalue weighted by Crippen LogP contribution is -2.12. The van der Waals surface area contributed by atoms with Crippen molar-refractivity contribution in [2.45, 2.75) is 12.4 Å². The second-order valence-corrected chi connectivity index (χ2v) is 5.41. The number of nitrogens with zero attached hydrogens (tertiary/aromatic N) is 3. The van der Waals surface area contributed by atoms with Gasteiger partial charge in [-0.25, -0.2) is 4.98 Å². The molecule has 4 nitrogen and oxygen atoms in total. The van der Waals surface area contributed by atoms with Crippen LogP contribution in [0.15, 0.2) is 53.9 Å². The molecule has 0 radical (unpaired) electrons. The molecule has 0 saturated carbocycles. The maximum Gasteiger partial charge on any atom is 0.433 e. The van der Waals surface area contributed by atoms with Crippen molar-refractivity contribution in [3.05, 3.63) is 65.6 Å². The molecule has 0 aliphatic heterocycles. The molecular formula is C17H10F6N4. The fourth-order valence-corrected chi connectivity index (χ4v) is 2.34. The summed E-state index contributed by atoms with van der Waals surface area (Å²) in [5.74, 6) is 0. The van der Waals surface area contributed by atoms with E-state index >= 15 is 0 Å². The number of benzene rings is 1. The molecule has 0 fully saturated rings. The third-order valence-corrected chi connectivity index (χ3v) is 3.52. The van der Waals surface area contributed by atoms with E-state index in [2.05, 4.69) is 20.5 Å². The highest BCUT2D eigenvalue weighted by Gasteiger charge is 2.37. The molecule has 0 bridgehead atoms. The summed E-state index contributed by atoms with van der Waals surface area (Å²) in [5, 5.41) is 3.65. The molecule has 10 heteroatoms. The lowest BCUT2D eigenvalue weighted by atomic mass is 10.1. The number of nitrogens with one attached hydrogen (secondary N) is 1. The summed E-state index contributed by atoms with van der Waals surface area (Å²) in [6.07, 6.45) is -5.52. The number of hydrazone groups is 1. The Hall–Kier alpha value is -3.17. The van der Waals surface area contributed by atoms with E-state index in [4.69, 9.17) is 0 Å². The fourth-order valence-electron chi connectivity index (χ4n) is 2.34. The van der Waals surface area contributed by atoms with Gasteiger partial charge in [-0.2, -0.15) is 31.4 Å². The molecule has 2 aromatic heterocycles. The van der Waals surface area contributed by atoms with Gasteiger partial charge in [-0.1, -0.05) is 18.2 Å². The molecule has 1 aromatic carbocycles. The molecule has 0 unspecified atom stereocenters. The highest BCUT2D eigenvalue weighted by Crippen LogP contribution is 2.39. The van der Waals surface area contributed by atoms with Gasteiger partial charge in [0.15, 0.2) is 0 Å². The first kappa shape index (κ1) is 18.6. The van der Waals surface area contributed by atoms with Crippen LogP contribution in [0.1, 0.15) is 16.8 Å². The van der Waals surface area contributed by atoms with E-state index in [0.717, 1.165) is 6.07 Å². The second-order valence-electron chi connectivity index (χ2n) is 5.41. The van der Waals surface area contributed by atoms with Crippen molar-refractivity contribution in [1.82, 2.24) is 9.97 Å². The SMILES string of the molecule is FC(F)(F)c1cc(N/N=C/c2cccnc2)c2cccc(C(F)(F)F)c2n1. The van der Waals surface area contributed by atoms with Gasteiger partial charge in [-0.05, 0) is 18.2 Å². The van der Waals surface area contributed by atoms with Crippen LogP contribution >= 0.6 is 0 Å². The molecule has 3 rings (SSSR count). The summed E-state index contributed by atoms with van der Waals surface area (Å²) in [7, 11) is 0. The number of hydrogen-bond acceptors (Lipinski definition) is 4. The molecule has 2 heterocycles. The Morgan fingerprint density at radius 2 is 1.74 bits per heavy atom. The van der Waals surface area contributed by atoms with Crippen molar-refractivity contribution in [3.8, 4) is 0 Å². The quantitative estimate of drug-likeness (QED) is 0.388. The Balaban J connectivity index is 2.11. The van der Waals surface area contributed by atoms with Gasteiger partial charge in [0, 0.05) is 23.3 Å². The minimum Gasteiger partial charge on any atom is -0.278 e. The first-order valence-electron chi connectivity index (χ1n) is 7.43. The average Bonchev–Trinajstić information content (AvgIpc) is 2.60. The summed E-state index contributed by atoms with van der Waals surface area (Å²) in [4.78, 5) is 7.04. The van der Waals surface area contributed by atoms with E-state index in [9.17, 15) is 26.3 Å². The Morgan fingerprint density at radius 1 is 0.963 bits per heavy atom. The summed E-state index contributed by atoms with van der Waals surface area (Å²) in [6.45, 7) is 0. The first-order chi connectivity index (χ1) is 12.7. The molecule has 3 aromatic rings. The van der Waals surface area contributed by atoms with Crippen LogP contribution in [-0.2, 0) is 12.4 Å². The van der Waals surface area contributed by atoms with Gasteiger partial charge in [0.05, 0.1) is 23.0 Å². The van der Waals surface area contributed by atoms with E-state index in [1.807, 2.05) is 0 Å². The van der Waals surface area contributed by atoms with Crippen molar-refractivity contribution >= 4 is 22.8 Å². The number of anilines is 1. The van der Waals surface area contributed by atoms with Gasteiger partial charge in [-0.3, -0.25) is 10.4 Å². The van der Waals surface area contributed by atoms with Crippen LogP contribution in [0, 0.1) is 0 Å². The van der Waals surface area contributed by atoms with Gasteiger partial charge < -0.3 is 0 Å². The zero-order valence-corrected chi connectivity index (χ0v) is 13.3. The molecule has 0 atom stereocenters. The fraction of sp³-hybridized carbons (Fsp3) is 0.118. The smallest absolute Gasteiger partial charge is 0.278 e. The standard InChI is InChI=1S/C17H10F6N4/c18-16(19,20)12-5-1-4-11-13(7-14(17(21,22)23)26-15(11)12)27-25-9-10-3-2-6-24-8-10/h1-9H,(H,26,27)/b25-9+. The molecule has 0 saturated heterocycles. The summed E-state index contributed by atoms with van der Waals surface area (Å²) < 4.78 is 78.8. The number of halogens is 6. The minimum atomic E-state index is -4.92. The largest absolute Gasteiger partial charge is 0.433 e. The van der Waals surface area contributed by atoms with Crippen LogP contribution in [-0.4, -0.2) is 16.2 Å². The molecular weight excluding hydrogens is 374 g/mol. The van der Waals surface area contributed by atoms with Crippen molar-refractivity contribution in [2.75, 3.05) is 5.43 Å². The van der Waals surface area contributed by atoms with Gasteiger partial charge in [-0.15, -0.1) is 0 Å². The van der Waals surface area contributed by atoms with Gasteiger partial charge >= 0.3 is 12.4 Å². The summed E-state index contributed by atoms with van der Waals surface area (Å²) in [6, 6.07) is 6.89. The molecule has 140 valence electrons. The van der Waals surface area contributed by atoms with E-state index in [0.29, 0.717) is 17.7 Å². The summed E-state index contributed by atoms with van der Waals surface area (Å²) in [5.41, 5.74) is -0.857. The number of pyridine rings is 2. The van der Waals surface area contributed by atoms with Crippen LogP contribution in [0.25, 0.3) is 10.9 Å². The maximum atomic E-state index is 13.2. The van der Waals surface area contributed by atoms with Crippen molar-refractivity contribution < 1.29 is 26.3 Å². The molecule has 0 aliphatic carbocycles. The molecule has 27 heavy (non-hydrogen) atoms. The molecule has 0 spiro atoms. The van der Waals surface area contributed by atoms with Gasteiger partial charge in [0.2, 0.25) is 0 Å². The predicted molar refractivity (Wildman–Crippen MR) is 87.2 cm³/mol. The third kappa shape index (κ3) is 4.15. The maximum absolute atomic E-state index is 13.2. The monoisotopic (exact) mass is 384 g/mol. The second kappa shape index (κ2) is 6.86. The number of aromatic nitrogens is 2. The zero-order valence-electron chi connectivity index (χ0n) is 13.3. The first-order valence-corrected chi connectivity index (χ1v) is 7.43. The number of hydrogen-bond donors (Lipinski definition) is 1. The van der Waals surface area contributed by atoms with E-state index in [1.165, 1.54) is 24.7 Å². The normalized spacial score (nSPS) is 12.7. The Morgan fingerprint density at radius 3 is 2.37 bits per heavy atom. The van der Waals surface area contributed by atoms with Crippen molar-refractivity contribution in [1.29, 1.82) is 0 Å². The van der Waals surface area contributed by atoms with Crippen molar-refractivity contribution in [2.24, 2.45) is 5.10 Å². The van der Waals surface area contributed by atoms with Crippen LogP contribution in [0.5, 0.6) is 0 Å². The summed E-state index contributed by atoms with van der Waals surface area (Å²) >= 11 is 0. The van der Waals surface area contributed by atoms with Gasteiger partial charge in [0.25, 0.3) is 0 Å². The number of rotatable bonds is 3. The number of fused-ring (bicyclic) bond motifs is 1. The van der Waals surface area contributed by atoms with E-state index in [1.54, 1.807) is 12.1 Å². The highest BCUT2D eigenvalue weighted by molar-refractivity contribution is 5.94. The number of para-hydroxylation sites is 1. The van der Waals surface area contributed by atoms with Crippen LogP contribution in [0.2, 0.25) is 0 Å². The Bertz CT molecular complexity index is 980. The Labute approximate surface area is 148 Å². The van der Waals surface area contributed by atoms with E-state index in [-0.39, 0.29) is 11.1 Å². The van der Waals surface area contributed by atoms with Crippen LogP contribution < -0.4 is 5.43 Å². The van der Waals surface area contributed by atoms with Gasteiger partial charge in [0.1, 0.15) is 5.69 Å². The molecule has 1 N–H and O–H groups in total. The van der Waals surface area contributed by atoms with Crippen molar-refractivity contribution in [3.63, 3.8) is 0 Å². The average molecular weight is 384 g/mol. The molecule has 0 aliphatic rings. The third-order valence-electron chi connectivity index (χ3n) is 3.52. The Kier molecular flexibility index (Phi) is 4.73. The lowest BCUT2D eigenvalue weighted by Gasteiger charge is -2.15. The predicted octanol–water partition coefficient (Wildman–Crippen LogP) is 5.11. The highest BCUT2D eigenvalue weighted by atomic mass is 19.4. The minimum absolute atomic E-state index is 0.138. The molecule has 0 amide bonds. The number of alkyl halides is 6. The lowest BCUT2D eigenvalue weighted by molar-refractivity contribution is -0.142. The van der Waals surface area contributed by atoms with Crippen LogP contribution in [0.3, 0.4) is 0 Å². The topological polar surface area (TPSA) is 50.2 Å².